The Bertz CT molecular complexity index is 483. The summed E-state index contributed by atoms with van der Waals surface area (Å²) in [6, 6.07) is 3.41. The third kappa shape index (κ3) is 2.53. The second-order valence-corrected chi connectivity index (χ2v) is 4.23. The van der Waals surface area contributed by atoms with Gasteiger partial charge in [0, 0.05) is 11.5 Å². The highest BCUT2D eigenvalue weighted by atomic mass is 19.1. The van der Waals surface area contributed by atoms with Crippen LogP contribution >= 0.6 is 0 Å². The van der Waals surface area contributed by atoms with Gasteiger partial charge in [0.05, 0.1) is 20.4 Å². The summed E-state index contributed by atoms with van der Waals surface area (Å²) in [6.45, 7) is 0. The van der Waals surface area contributed by atoms with Crippen LogP contribution in [0.25, 0.3) is 0 Å². The van der Waals surface area contributed by atoms with E-state index >= 15 is 0 Å². The molecule has 1 aromatic rings. The molecule has 0 aromatic heterocycles. The van der Waals surface area contributed by atoms with Crippen molar-refractivity contribution in [3.63, 3.8) is 0 Å². The van der Waals surface area contributed by atoms with Gasteiger partial charge < -0.3 is 15.2 Å². The summed E-state index contributed by atoms with van der Waals surface area (Å²) < 4.78 is 23.3. The molecule has 0 aliphatic carbocycles. The van der Waals surface area contributed by atoms with Crippen molar-refractivity contribution in [1.82, 2.24) is 10.9 Å². The van der Waals surface area contributed by atoms with Crippen LogP contribution in [0.3, 0.4) is 0 Å². The molecule has 1 aliphatic rings. The van der Waals surface area contributed by atoms with Crippen LogP contribution in [0.15, 0.2) is 18.2 Å². The Morgan fingerprint density at radius 3 is 2.74 bits per heavy atom. The van der Waals surface area contributed by atoms with Gasteiger partial charge in [-0.25, -0.2) is 15.2 Å². The Balaban J connectivity index is 2.42. The summed E-state index contributed by atoms with van der Waals surface area (Å²) in [7, 11) is 2.76. The number of benzene rings is 1. The molecule has 1 fully saturated rings. The van der Waals surface area contributed by atoms with Crippen molar-refractivity contribution in [2.24, 2.45) is 5.73 Å². The molecule has 0 saturated carbocycles. The van der Waals surface area contributed by atoms with Gasteiger partial charge in [0.1, 0.15) is 17.6 Å². The molecule has 3 unspecified atom stereocenters. The molecule has 2 rings (SSSR count). The van der Waals surface area contributed by atoms with Gasteiger partial charge in [-0.2, -0.15) is 0 Å². The van der Waals surface area contributed by atoms with E-state index in [0.717, 1.165) is 0 Å². The molecule has 0 bridgehead atoms. The van der Waals surface area contributed by atoms with Crippen molar-refractivity contribution in [3.8, 4) is 5.75 Å². The molecule has 3 atom stereocenters. The first-order valence-corrected chi connectivity index (χ1v) is 5.76. The first kappa shape index (κ1) is 13.7. The summed E-state index contributed by atoms with van der Waals surface area (Å²) in [4.78, 5) is 11.7. The number of hydrazine groups is 1. The molecule has 1 heterocycles. The first-order chi connectivity index (χ1) is 9.08. The third-order valence-corrected chi connectivity index (χ3v) is 3.16. The van der Waals surface area contributed by atoms with Crippen LogP contribution < -0.4 is 21.3 Å². The van der Waals surface area contributed by atoms with E-state index in [0.29, 0.717) is 11.3 Å². The Morgan fingerprint density at radius 2 is 2.11 bits per heavy atom. The Morgan fingerprint density at radius 1 is 1.37 bits per heavy atom. The Hall–Kier alpha value is -1.70. The van der Waals surface area contributed by atoms with E-state index < -0.39 is 29.9 Å². The van der Waals surface area contributed by atoms with Crippen molar-refractivity contribution in [2.45, 2.75) is 18.1 Å². The SMILES string of the molecule is COC(=O)C1NNC(N)C1c1cc(F)ccc1OC. The lowest BCUT2D eigenvalue weighted by Crippen LogP contribution is -2.39. The lowest BCUT2D eigenvalue weighted by Gasteiger charge is -2.21. The first-order valence-electron chi connectivity index (χ1n) is 5.76. The molecule has 6 nitrogen and oxygen atoms in total. The normalized spacial score (nSPS) is 26.2. The van der Waals surface area contributed by atoms with Crippen LogP contribution in [0, 0.1) is 5.82 Å². The topological polar surface area (TPSA) is 85.6 Å². The van der Waals surface area contributed by atoms with Crippen LogP contribution in [0.4, 0.5) is 4.39 Å². The molecule has 4 N–H and O–H groups in total. The monoisotopic (exact) mass is 269 g/mol. The number of carbonyl (C=O) groups excluding carboxylic acids is 1. The van der Waals surface area contributed by atoms with Crippen molar-refractivity contribution < 1.29 is 18.7 Å². The van der Waals surface area contributed by atoms with E-state index in [-0.39, 0.29) is 0 Å². The molecule has 7 heteroatoms. The molecule has 104 valence electrons. The predicted octanol–water partition coefficient (Wildman–Crippen LogP) is -0.148. The number of methoxy groups -OCH3 is 2. The fourth-order valence-electron chi connectivity index (χ4n) is 2.24. The molecular formula is C12H16FN3O3. The second-order valence-electron chi connectivity index (χ2n) is 4.23. The average molecular weight is 269 g/mol. The summed E-state index contributed by atoms with van der Waals surface area (Å²) >= 11 is 0. The minimum Gasteiger partial charge on any atom is -0.496 e. The number of hydrogen-bond acceptors (Lipinski definition) is 6. The van der Waals surface area contributed by atoms with Gasteiger partial charge >= 0.3 is 5.97 Å². The van der Waals surface area contributed by atoms with Gasteiger partial charge in [-0.1, -0.05) is 0 Å². The van der Waals surface area contributed by atoms with E-state index in [2.05, 4.69) is 10.9 Å². The number of ether oxygens (including phenoxy) is 2. The average Bonchev–Trinajstić information content (AvgIpc) is 2.79. The number of nitrogens with two attached hydrogens (primary N) is 1. The van der Waals surface area contributed by atoms with Crippen LogP contribution in [0.2, 0.25) is 0 Å². The number of carbonyl (C=O) groups is 1. The fourth-order valence-corrected chi connectivity index (χ4v) is 2.24. The number of esters is 1. The van der Waals surface area contributed by atoms with Crippen molar-refractivity contribution in [1.29, 1.82) is 0 Å². The van der Waals surface area contributed by atoms with E-state index in [1.165, 1.54) is 32.4 Å². The molecule has 1 aliphatic heterocycles. The van der Waals surface area contributed by atoms with E-state index in [4.69, 9.17) is 15.2 Å². The molecule has 1 saturated heterocycles. The summed E-state index contributed by atoms with van der Waals surface area (Å²) in [5, 5.41) is 0. The summed E-state index contributed by atoms with van der Waals surface area (Å²) in [5.74, 6) is -0.908. The van der Waals surface area contributed by atoms with E-state index in [9.17, 15) is 9.18 Å². The molecule has 19 heavy (non-hydrogen) atoms. The van der Waals surface area contributed by atoms with Crippen molar-refractivity contribution >= 4 is 5.97 Å². The van der Waals surface area contributed by atoms with Crippen LogP contribution in [0.1, 0.15) is 11.5 Å². The fraction of sp³-hybridized carbons (Fsp3) is 0.417. The lowest BCUT2D eigenvalue weighted by atomic mass is 9.90. The van der Waals surface area contributed by atoms with Gasteiger partial charge in [-0.05, 0) is 18.2 Å². The van der Waals surface area contributed by atoms with E-state index in [1.54, 1.807) is 0 Å². The molecule has 0 radical (unpaired) electrons. The maximum atomic E-state index is 13.4. The van der Waals surface area contributed by atoms with Gasteiger partial charge in [-0.3, -0.25) is 4.79 Å². The predicted molar refractivity (Wildman–Crippen MR) is 65.7 cm³/mol. The number of halogens is 1. The maximum absolute atomic E-state index is 13.4. The minimum atomic E-state index is -0.698. The zero-order valence-corrected chi connectivity index (χ0v) is 10.6. The van der Waals surface area contributed by atoms with Crippen LogP contribution in [0.5, 0.6) is 5.75 Å². The van der Waals surface area contributed by atoms with E-state index in [1.807, 2.05) is 0 Å². The highest BCUT2D eigenvalue weighted by Gasteiger charge is 2.41. The molecule has 0 spiro atoms. The zero-order chi connectivity index (χ0) is 14.0. The van der Waals surface area contributed by atoms with Gasteiger partial charge in [-0.15, -0.1) is 0 Å². The Labute approximate surface area is 110 Å². The minimum absolute atomic E-state index is 0.418. The molecule has 1 aromatic carbocycles. The quantitative estimate of drug-likeness (QED) is 0.662. The standard InChI is InChI=1S/C12H16FN3O3/c1-18-8-4-3-6(13)5-7(8)9-10(12(17)19-2)15-16-11(9)14/h3-5,9-11,15-16H,14H2,1-2H3. The third-order valence-electron chi connectivity index (χ3n) is 3.16. The van der Waals surface area contributed by atoms with Crippen LogP contribution in [-0.4, -0.2) is 32.4 Å². The Kier molecular flexibility index (Phi) is 3.98. The highest BCUT2D eigenvalue weighted by Crippen LogP contribution is 2.33. The van der Waals surface area contributed by atoms with Crippen LogP contribution in [-0.2, 0) is 9.53 Å². The van der Waals surface area contributed by atoms with Gasteiger partial charge in [0.25, 0.3) is 0 Å². The highest BCUT2D eigenvalue weighted by molar-refractivity contribution is 5.78. The molecular weight excluding hydrogens is 253 g/mol. The van der Waals surface area contributed by atoms with Gasteiger partial charge in [0.15, 0.2) is 0 Å². The largest absolute Gasteiger partial charge is 0.496 e. The number of nitrogens with one attached hydrogen (secondary N) is 2. The summed E-state index contributed by atoms with van der Waals surface area (Å²) in [6.07, 6.45) is -0.556. The number of hydrogen-bond donors (Lipinski definition) is 3. The van der Waals surface area contributed by atoms with Crippen molar-refractivity contribution in [2.75, 3.05) is 14.2 Å². The maximum Gasteiger partial charge on any atom is 0.324 e. The smallest absolute Gasteiger partial charge is 0.324 e. The number of rotatable bonds is 3. The zero-order valence-electron chi connectivity index (χ0n) is 10.6. The van der Waals surface area contributed by atoms with Crippen molar-refractivity contribution in [3.05, 3.63) is 29.6 Å². The molecule has 0 amide bonds. The summed E-state index contributed by atoms with van der Waals surface area (Å²) in [5.41, 5.74) is 11.9. The lowest BCUT2D eigenvalue weighted by molar-refractivity contribution is -0.143. The van der Waals surface area contributed by atoms with Gasteiger partial charge in [0.2, 0.25) is 0 Å². The second kappa shape index (κ2) is 5.52.